The standard InChI is InChI=1S/C15H16BrN3O3S/c1-11(15(20)18-10-12-3-2-8-17-9-12)19-23(21,22)14-6-4-13(16)5-7-14/h2-9,11,19H,10H2,1H3,(H,18,20). The van der Waals surface area contributed by atoms with Crippen molar-refractivity contribution < 1.29 is 13.2 Å². The number of rotatable bonds is 6. The summed E-state index contributed by atoms with van der Waals surface area (Å²) in [5.41, 5.74) is 0.837. The van der Waals surface area contributed by atoms with Crippen LogP contribution in [0, 0.1) is 0 Å². The summed E-state index contributed by atoms with van der Waals surface area (Å²) in [4.78, 5) is 16.1. The predicted octanol–water partition coefficient (Wildman–Crippen LogP) is 1.83. The number of aromatic nitrogens is 1. The second kappa shape index (κ2) is 7.67. The van der Waals surface area contributed by atoms with Crippen molar-refractivity contribution in [2.75, 3.05) is 0 Å². The van der Waals surface area contributed by atoms with E-state index in [0.717, 1.165) is 10.0 Å². The van der Waals surface area contributed by atoms with E-state index in [0.29, 0.717) is 0 Å². The molecule has 0 radical (unpaired) electrons. The lowest BCUT2D eigenvalue weighted by Gasteiger charge is -2.14. The number of carbonyl (C=O) groups is 1. The first kappa shape index (κ1) is 17.6. The van der Waals surface area contributed by atoms with Crippen LogP contribution in [0.25, 0.3) is 0 Å². The monoisotopic (exact) mass is 397 g/mol. The van der Waals surface area contributed by atoms with Crippen molar-refractivity contribution >= 4 is 31.9 Å². The Morgan fingerprint density at radius 2 is 1.96 bits per heavy atom. The molecule has 23 heavy (non-hydrogen) atoms. The van der Waals surface area contributed by atoms with Gasteiger partial charge in [0.1, 0.15) is 0 Å². The molecule has 0 fully saturated rings. The number of carbonyl (C=O) groups excluding carboxylic acids is 1. The van der Waals surface area contributed by atoms with E-state index >= 15 is 0 Å². The quantitative estimate of drug-likeness (QED) is 0.777. The second-order valence-electron chi connectivity index (χ2n) is 4.88. The van der Waals surface area contributed by atoms with E-state index in [4.69, 9.17) is 0 Å². The highest BCUT2D eigenvalue weighted by Gasteiger charge is 2.21. The summed E-state index contributed by atoms with van der Waals surface area (Å²) >= 11 is 3.24. The number of halogens is 1. The lowest BCUT2D eigenvalue weighted by molar-refractivity contribution is -0.122. The summed E-state index contributed by atoms with van der Waals surface area (Å²) in [7, 11) is -3.75. The molecule has 0 saturated heterocycles. The number of hydrogen-bond acceptors (Lipinski definition) is 4. The molecule has 1 atom stereocenters. The van der Waals surface area contributed by atoms with Crippen molar-refractivity contribution in [3.63, 3.8) is 0 Å². The molecule has 0 aliphatic heterocycles. The number of sulfonamides is 1. The number of benzene rings is 1. The van der Waals surface area contributed by atoms with Gasteiger partial charge in [0.05, 0.1) is 10.9 Å². The lowest BCUT2D eigenvalue weighted by atomic mass is 10.2. The van der Waals surface area contributed by atoms with E-state index in [1.807, 2.05) is 6.07 Å². The molecule has 1 unspecified atom stereocenters. The Hall–Kier alpha value is -1.77. The van der Waals surface area contributed by atoms with Crippen LogP contribution in [0.5, 0.6) is 0 Å². The summed E-state index contributed by atoms with van der Waals surface area (Å²) in [5.74, 6) is -0.408. The normalized spacial score (nSPS) is 12.6. The van der Waals surface area contributed by atoms with Crippen LogP contribution in [-0.4, -0.2) is 25.4 Å². The Balaban J connectivity index is 1.96. The van der Waals surface area contributed by atoms with Gasteiger partial charge in [-0.25, -0.2) is 8.42 Å². The molecular weight excluding hydrogens is 382 g/mol. The van der Waals surface area contributed by atoms with Crippen LogP contribution in [-0.2, 0) is 21.4 Å². The SMILES string of the molecule is CC(NS(=O)(=O)c1ccc(Br)cc1)C(=O)NCc1cccnc1. The molecule has 2 rings (SSSR count). The second-order valence-corrected chi connectivity index (χ2v) is 7.51. The Morgan fingerprint density at radius 3 is 2.57 bits per heavy atom. The summed E-state index contributed by atoms with van der Waals surface area (Å²) in [6.07, 6.45) is 3.28. The fraction of sp³-hybridized carbons (Fsp3) is 0.200. The highest BCUT2D eigenvalue weighted by molar-refractivity contribution is 9.10. The van der Waals surface area contributed by atoms with E-state index in [9.17, 15) is 13.2 Å². The molecule has 1 amide bonds. The summed E-state index contributed by atoms with van der Waals surface area (Å²) in [6.45, 7) is 1.78. The minimum Gasteiger partial charge on any atom is -0.351 e. The van der Waals surface area contributed by atoms with Crippen LogP contribution in [0.15, 0.2) is 58.2 Å². The molecule has 0 aliphatic carbocycles. The third-order valence-corrected chi connectivity index (χ3v) is 5.12. The summed E-state index contributed by atoms with van der Waals surface area (Å²) < 4.78 is 27.6. The molecule has 0 aliphatic rings. The molecule has 122 valence electrons. The van der Waals surface area contributed by atoms with Gasteiger partial charge < -0.3 is 5.32 Å². The summed E-state index contributed by atoms with van der Waals surface area (Å²) in [5, 5.41) is 2.67. The lowest BCUT2D eigenvalue weighted by Crippen LogP contribution is -2.44. The number of nitrogens with one attached hydrogen (secondary N) is 2. The molecule has 2 aromatic rings. The fourth-order valence-electron chi connectivity index (χ4n) is 1.81. The molecular formula is C15H16BrN3O3S. The first-order chi connectivity index (χ1) is 10.9. The maximum atomic E-state index is 12.2. The first-order valence-corrected chi connectivity index (χ1v) is 9.10. The minimum absolute atomic E-state index is 0.104. The van der Waals surface area contributed by atoms with E-state index in [1.54, 1.807) is 30.6 Å². The van der Waals surface area contributed by atoms with Gasteiger partial charge in [0.2, 0.25) is 15.9 Å². The Labute approximate surface area is 143 Å². The number of nitrogens with zero attached hydrogens (tertiary/aromatic N) is 1. The van der Waals surface area contributed by atoms with Gasteiger partial charge in [-0.2, -0.15) is 4.72 Å². The molecule has 0 spiro atoms. The van der Waals surface area contributed by atoms with E-state index in [1.165, 1.54) is 19.1 Å². The first-order valence-electron chi connectivity index (χ1n) is 6.83. The van der Waals surface area contributed by atoms with Crippen LogP contribution < -0.4 is 10.0 Å². The summed E-state index contributed by atoms with van der Waals surface area (Å²) in [6, 6.07) is 8.88. The molecule has 1 aromatic heterocycles. The van der Waals surface area contributed by atoms with Crippen LogP contribution >= 0.6 is 15.9 Å². The topological polar surface area (TPSA) is 88.2 Å². The van der Waals surface area contributed by atoms with E-state index in [-0.39, 0.29) is 11.4 Å². The van der Waals surface area contributed by atoms with Gasteiger partial charge in [-0.05, 0) is 42.8 Å². The van der Waals surface area contributed by atoms with Gasteiger partial charge >= 0.3 is 0 Å². The van der Waals surface area contributed by atoms with Crippen molar-refractivity contribution in [3.05, 3.63) is 58.8 Å². The maximum absolute atomic E-state index is 12.2. The highest BCUT2D eigenvalue weighted by atomic mass is 79.9. The van der Waals surface area contributed by atoms with E-state index < -0.39 is 22.0 Å². The molecule has 2 N–H and O–H groups in total. The zero-order valence-corrected chi connectivity index (χ0v) is 14.8. The molecule has 6 nitrogen and oxygen atoms in total. The third-order valence-electron chi connectivity index (χ3n) is 3.04. The Bertz CT molecular complexity index is 764. The van der Waals surface area contributed by atoms with Crippen molar-refractivity contribution in [2.24, 2.45) is 0 Å². The minimum atomic E-state index is -3.75. The van der Waals surface area contributed by atoms with Gasteiger partial charge in [0.15, 0.2) is 0 Å². The van der Waals surface area contributed by atoms with Crippen LogP contribution in [0.1, 0.15) is 12.5 Å². The molecule has 0 saturated carbocycles. The van der Waals surface area contributed by atoms with Crippen molar-refractivity contribution in [1.82, 2.24) is 15.0 Å². The molecule has 0 bridgehead atoms. The van der Waals surface area contributed by atoms with E-state index in [2.05, 4.69) is 31.0 Å². The highest BCUT2D eigenvalue weighted by Crippen LogP contribution is 2.14. The van der Waals surface area contributed by atoms with Crippen LogP contribution in [0.3, 0.4) is 0 Å². The largest absolute Gasteiger partial charge is 0.351 e. The maximum Gasteiger partial charge on any atom is 0.241 e. The number of amides is 1. The van der Waals surface area contributed by atoms with Crippen molar-refractivity contribution in [2.45, 2.75) is 24.4 Å². The van der Waals surface area contributed by atoms with Crippen LogP contribution in [0.2, 0.25) is 0 Å². The van der Waals surface area contributed by atoms with Gasteiger partial charge in [-0.3, -0.25) is 9.78 Å². The van der Waals surface area contributed by atoms with Crippen molar-refractivity contribution in [3.8, 4) is 0 Å². The van der Waals surface area contributed by atoms with Gasteiger partial charge in [-0.15, -0.1) is 0 Å². The van der Waals surface area contributed by atoms with Crippen LogP contribution in [0.4, 0.5) is 0 Å². The number of pyridine rings is 1. The molecule has 1 heterocycles. The average molecular weight is 398 g/mol. The molecule has 1 aromatic carbocycles. The smallest absolute Gasteiger partial charge is 0.241 e. The Morgan fingerprint density at radius 1 is 1.26 bits per heavy atom. The number of hydrogen-bond donors (Lipinski definition) is 2. The van der Waals surface area contributed by atoms with Gasteiger partial charge in [0, 0.05) is 23.4 Å². The zero-order valence-electron chi connectivity index (χ0n) is 12.4. The predicted molar refractivity (Wildman–Crippen MR) is 90.0 cm³/mol. The zero-order chi connectivity index (χ0) is 16.9. The fourth-order valence-corrected chi connectivity index (χ4v) is 3.28. The molecule has 8 heteroatoms. The van der Waals surface area contributed by atoms with Gasteiger partial charge in [0.25, 0.3) is 0 Å². The third kappa shape index (κ3) is 5.12. The Kier molecular flexibility index (Phi) is 5.86. The van der Waals surface area contributed by atoms with Gasteiger partial charge in [-0.1, -0.05) is 22.0 Å². The average Bonchev–Trinajstić information content (AvgIpc) is 2.53. The van der Waals surface area contributed by atoms with Crippen molar-refractivity contribution in [1.29, 1.82) is 0 Å².